The Hall–Kier alpha value is -3.10. The van der Waals surface area contributed by atoms with E-state index in [-0.39, 0.29) is 34.2 Å². The molecule has 0 aliphatic rings. The van der Waals surface area contributed by atoms with Gasteiger partial charge in [0.15, 0.2) is 12.7 Å². The van der Waals surface area contributed by atoms with E-state index in [1.54, 1.807) is 6.92 Å². The second-order valence-electron chi connectivity index (χ2n) is 5.83. The Labute approximate surface area is 182 Å². The van der Waals surface area contributed by atoms with Gasteiger partial charge in [-0.2, -0.15) is 0 Å². The number of benzene rings is 2. The van der Waals surface area contributed by atoms with Crippen molar-refractivity contribution in [3.05, 3.63) is 80.3 Å². The van der Waals surface area contributed by atoms with E-state index in [1.807, 2.05) is 0 Å². The summed E-state index contributed by atoms with van der Waals surface area (Å²) in [6.45, 7) is 4.76. The fourth-order valence-corrected chi connectivity index (χ4v) is 2.83. The monoisotopic (exact) mass is 453 g/mol. The summed E-state index contributed by atoms with van der Waals surface area (Å²) in [5.41, 5.74) is -0.259. The summed E-state index contributed by atoms with van der Waals surface area (Å²) in [6, 6.07) is 9.76. The van der Waals surface area contributed by atoms with Crippen molar-refractivity contribution >= 4 is 40.8 Å². The van der Waals surface area contributed by atoms with Gasteiger partial charge >= 0.3 is 11.9 Å². The Bertz CT molecular complexity index is 977. The third-order valence-corrected chi connectivity index (χ3v) is 4.26. The molecule has 0 fully saturated rings. The molecule has 2 aromatic rings. The molecule has 10 heteroatoms. The highest BCUT2D eigenvalue weighted by Crippen LogP contribution is 2.30. The Kier molecular flexibility index (Phi) is 8.20. The van der Waals surface area contributed by atoms with Gasteiger partial charge in [0, 0.05) is 22.7 Å². The fourth-order valence-electron chi connectivity index (χ4n) is 2.37. The van der Waals surface area contributed by atoms with Crippen LogP contribution in [-0.2, 0) is 19.1 Å². The first-order valence-electron chi connectivity index (χ1n) is 8.60. The number of halogens is 2. The SMILES string of the molecule is C=C(C(=O)OCC)C(OC(=O)COc1ccc(Cl)cc1Cl)c1cccc([N+](=O)[O-])c1. The molecule has 0 saturated heterocycles. The topological polar surface area (TPSA) is 105 Å². The summed E-state index contributed by atoms with van der Waals surface area (Å²) in [5, 5.41) is 11.7. The van der Waals surface area contributed by atoms with E-state index in [9.17, 15) is 19.7 Å². The van der Waals surface area contributed by atoms with Gasteiger partial charge in [0.1, 0.15) is 5.75 Å². The van der Waals surface area contributed by atoms with Crippen molar-refractivity contribution in [2.24, 2.45) is 0 Å². The lowest BCUT2D eigenvalue weighted by Gasteiger charge is -2.20. The summed E-state index contributed by atoms with van der Waals surface area (Å²) < 4.78 is 15.5. The number of rotatable bonds is 9. The molecule has 0 bridgehead atoms. The van der Waals surface area contributed by atoms with E-state index in [0.29, 0.717) is 5.02 Å². The number of ether oxygens (including phenoxy) is 3. The van der Waals surface area contributed by atoms with Crippen molar-refractivity contribution in [2.75, 3.05) is 13.2 Å². The van der Waals surface area contributed by atoms with Crippen LogP contribution in [0.3, 0.4) is 0 Å². The molecule has 0 amide bonds. The molecule has 0 heterocycles. The highest BCUT2D eigenvalue weighted by atomic mass is 35.5. The van der Waals surface area contributed by atoms with Crippen LogP contribution in [0, 0.1) is 10.1 Å². The summed E-state index contributed by atoms with van der Waals surface area (Å²) >= 11 is 11.8. The first kappa shape index (κ1) is 23.2. The van der Waals surface area contributed by atoms with Crippen LogP contribution in [0.4, 0.5) is 5.69 Å². The van der Waals surface area contributed by atoms with Gasteiger partial charge in [-0.15, -0.1) is 0 Å². The van der Waals surface area contributed by atoms with Crippen LogP contribution in [0.1, 0.15) is 18.6 Å². The maximum Gasteiger partial charge on any atom is 0.345 e. The number of hydrogen-bond donors (Lipinski definition) is 0. The third kappa shape index (κ3) is 6.20. The van der Waals surface area contributed by atoms with E-state index in [0.717, 1.165) is 0 Å². The smallest absolute Gasteiger partial charge is 0.345 e. The van der Waals surface area contributed by atoms with Crippen LogP contribution < -0.4 is 4.74 Å². The van der Waals surface area contributed by atoms with Gasteiger partial charge in [-0.05, 0) is 25.1 Å². The van der Waals surface area contributed by atoms with Crippen molar-refractivity contribution in [1.82, 2.24) is 0 Å². The van der Waals surface area contributed by atoms with Crippen molar-refractivity contribution in [3.63, 3.8) is 0 Å². The standard InChI is InChI=1S/C20H17Cl2NO7/c1-3-28-20(25)12(2)19(13-5-4-6-15(9-13)23(26)27)30-18(24)11-29-17-8-7-14(21)10-16(17)22/h4-10,19H,2-3,11H2,1H3. The molecule has 0 aromatic heterocycles. The molecule has 2 aromatic carbocycles. The molecule has 0 aliphatic heterocycles. The van der Waals surface area contributed by atoms with Gasteiger partial charge in [0.2, 0.25) is 0 Å². The number of nitro groups is 1. The van der Waals surface area contributed by atoms with Gasteiger partial charge in [-0.3, -0.25) is 10.1 Å². The lowest BCUT2D eigenvalue weighted by Crippen LogP contribution is -2.23. The summed E-state index contributed by atoms with van der Waals surface area (Å²) in [4.78, 5) is 34.9. The molecule has 8 nitrogen and oxygen atoms in total. The molecule has 0 spiro atoms. The van der Waals surface area contributed by atoms with Crippen LogP contribution in [-0.4, -0.2) is 30.1 Å². The zero-order valence-corrected chi connectivity index (χ0v) is 17.3. The number of non-ortho nitro benzene ring substituents is 1. The average molecular weight is 454 g/mol. The van der Waals surface area contributed by atoms with Gasteiger partial charge in [0.25, 0.3) is 5.69 Å². The minimum atomic E-state index is -1.30. The summed E-state index contributed by atoms with van der Waals surface area (Å²) in [6.07, 6.45) is -1.30. The van der Waals surface area contributed by atoms with E-state index < -0.39 is 29.6 Å². The molecule has 0 aliphatic carbocycles. The first-order valence-corrected chi connectivity index (χ1v) is 9.36. The van der Waals surface area contributed by atoms with Gasteiger partial charge in [0.05, 0.1) is 22.1 Å². The number of nitro benzene ring substituents is 1. The maximum absolute atomic E-state index is 12.3. The Morgan fingerprint density at radius 1 is 1.20 bits per heavy atom. The molecule has 0 radical (unpaired) electrons. The van der Waals surface area contributed by atoms with E-state index in [1.165, 1.54) is 42.5 Å². The Morgan fingerprint density at radius 2 is 1.93 bits per heavy atom. The van der Waals surface area contributed by atoms with Crippen LogP contribution >= 0.6 is 23.2 Å². The minimum absolute atomic E-state index is 0.0750. The molecule has 1 unspecified atom stereocenters. The first-order chi connectivity index (χ1) is 14.2. The number of carbonyl (C=O) groups excluding carboxylic acids is 2. The van der Waals surface area contributed by atoms with Gasteiger partial charge in [-0.1, -0.05) is 41.9 Å². The molecule has 0 saturated carbocycles. The molecule has 1 atom stereocenters. The van der Waals surface area contributed by atoms with Gasteiger partial charge < -0.3 is 14.2 Å². The molecule has 158 valence electrons. The maximum atomic E-state index is 12.3. The fraction of sp³-hybridized carbons (Fsp3) is 0.200. The number of esters is 2. The largest absolute Gasteiger partial charge is 0.480 e. The molecular formula is C20H17Cl2NO7. The van der Waals surface area contributed by atoms with Crippen LogP contribution in [0.25, 0.3) is 0 Å². The highest BCUT2D eigenvalue weighted by Gasteiger charge is 2.27. The number of hydrogen-bond acceptors (Lipinski definition) is 7. The molecule has 2 rings (SSSR count). The second kappa shape index (κ2) is 10.6. The normalized spacial score (nSPS) is 11.3. The van der Waals surface area contributed by atoms with Crippen LogP contribution in [0.15, 0.2) is 54.6 Å². The Balaban J connectivity index is 2.20. The predicted molar refractivity (Wildman–Crippen MR) is 110 cm³/mol. The lowest BCUT2D eigenvalue weighted by molar-refractivity contribution is -0.385. The minimum Gasteiger partial charge on any atom is -0.480 e. The molecular weight excluding hydrogens is 437 g/mol. The lowest BCUT2D eigenvalue weighted by atomic mass is 10.0. The zero-order chi connectivity index (χ0) is 22.3. The number of carbonyl (C=O) groups is 2. The van der Waals surface area contributed by atoms with E-state index >= 15 is 0 Å². The quantitative estimate of drug-likeness (QED) is 0.234. The zero-order valence-electron chi connectivity index (χ0n) is 15.8. The van der Waals surface area contributed by atoms with Crippen LogP contribution in [0.5, 0.6) is 5.75 Å². The summed E-state index contributed by atoms with van der Waals surface area (Å²) in [5.74, 6) is -1.46. The summed E-state index contributed by atoms with van der Waals surface area (Å²) in [7, 11) is 0. The van der Waals surface area contributed by atoms with Crippen molar-refractivity contribution in [3.8, 4) is 5.75 Å². The predicted octanol–water partition coefficient (Wildman–Crippen LogP) is 4.68. The van der Waals surface area contributed by atoms with E-state index in [2.05, 4.69) is 6.58 Å². The molecule has 0 N–H and O–H groups in total. The van der Waals surface area contributed by atoms with E-state index in [4.69, 9.17) is 37.4 Å². The van der Waals surface area contributed by atoms with Crippen molar-refractivity contribution < 1.29 is 28.7 Å². The Morgan fingerprint density at radius 3 is 2.57 bits per heavy atom. The van der Waals surface area contributed by atoms with Crippen molar-refractivity contribution in [2.45, 2.75) is 13.0 Å². The van der Waals surface area contributed by atoms with Crippen LogP contribution in [0.2, 0.25) is 10.0 Å². The van der Waals surface area contributed by atoms with Crippen molar-refractivity contribution in [1.29, 1.82) is 0 Å². The highest BCUT2D eigenvalue weighted by molar-refractivity contribution is 6.35. The second-order valence-corrected chi connectivity index (χ2v) is 6.67. The third-order valence-electron chi connectivity index (χ3n) is 3.73. The molecule has 30 heavy (non-hydrogen) atoms. The van der Waals surface area contributed by atoms with Gasteiger partial charge in [-0.25, -0.2) is 9.59 Å². The average Bonchev–Trinajstić information content (AvgIpc) is 2.71. The number of nitrogens with zero attached hydrogens (tertiary/aromatic N) is 1.